The third-order valence-electron chi connectivity index (χ3n) is 2.40. The van der Waals surface area contributed by atoms with Gasteiger partial charge in [0.15, 0.2) is 0 Å². The molecule has 1 aromatic carbocycles. The molecule has 2 rings (SSSR count). The molecule has 0 aliphatic carbocycles. The summed E-state index contributed by atoms with van der Waals surface area (Å²) in [6.07, 6.45) is 2.46. The lowest BCUT2D eigenvalue weighted by molar-refractivity contribution is 0.283. The molecule has 1 N–H and O–H groups in total. The number of ether oxygens (including phenoxy) is 1. The molecule has 0 fully saturated rings. The quantitative estimate of drug-likeness (QED) is 0.811. The van der Waals surface area contributed by atoms with Crippen LogP contribution in [0.15, 0.2) is 44.1 Å². The summed E-state index contributed by atoms with van der Waals surface area (Å²) >= 11 is 4.99. The van der Waals surface area contributed by atoms with Crippen LogP contribution in [0.25, 0.3) is 0 Å². The van der Waals surface area contributed by atoms with Gasteiger partial charge in [0.2, 0.25) is 0 Å². The van der Waals surface area contributed by atoms with Crippen LogP contribution in [0, 0.1) is 0 Å². The monoisotopic (exact) mass is 343 g/mol. The molecule has 1 heterocycles. The Morgan fingerprint density at radius 2 is 2.16 bits per heavy atom. The number of nitrogens with one attached hydrogen (secondary N) is 1. The van der Waals surface area contributed by atoms with E-state index in [1.807, 2.05) is 24.3 Å². The number of aromatic nitrogens is 1. The molecule has 2 aromatic rings. The van der Waals surface area contributed by atoms with E-state index in [-0.39, 0.29) is 5.44 Å². The number of aromatic amines is 1. The molecule has 1 aromatic heterocycles. The van der Waals surface area contributed by atoms with Crippen molar-refractivity contribution in [3.63, 3.8) is 0 Å². The van der Waals surface area contributed by atoms with Gasteiger partial charge in [0.05, 0.1) is 5.75 Å². The average molecular weight is 344 g/mol. The molecular formula is C13H14BrNO3S. The minimum absolute atomic E-state index is 0.0291. The van der Waals surface area contributed by atoms with Gasteiger partial charge < -0.3 is 9.15 Å². The van der Waals surface area contributed by atoms with E-state index >= 15 is 0 Å². The Hall–Kier alpha value is -1.14. The zero-order valence-corrected chi connectivity index (χ0v) is 12.8. The normalized spacial score (nSPS) is 12.3. The highest BCUT2D eigenvalue weighted by atomic mass is 79.9. The molecule has 0 aliphatic heterocycles. The number of hydrogen-bond donors (Lipinski definition) is 1. The minimum Gasteiger partial charge on any atom is -0.480 e. The Kier molecular flexibility index (Phi) is 5.15. The summed E-state index contributed by atoms with van der Waals surface area (Å²) in [7, 11) is 0. The Balaban J connectivity index is 1.89. The van der Waals surface area contributed by atoms with Gasteiger partial charge in [-0.2, -0.15) is 0 Å². The van der Waals surface area contributed by atoms with Gasteiger partial charge in [0.25, 0.3) is 0 Å². The highest BCUT2D eigenvalue weighted by Crippen LogP contribution is 2.24. The summed E-state index contributed by atoms with van der Waals surface area (Å²) < 4.78 is 11.8. The molecule has 1 atom stereocenters. The first-order chi connectivity index (χ1) is 9.17. The maximum atomic E-state index is 10.9. The molecule has 0 spiro atoms. The summed E-state index contributed by atoms with van der Waals surface area (Å²) in [6.45, 7) is 2.06. The summed E-state index contributed by atoms with van der Waals surface area (Å²) in [6, 6.07) is 7.73. The third kappa shape index (κ3) is 4.47. The molecular weight excluding hydrogens is 330 g/mol. The van der Waals surface area contributed by atoms with Crippen molar-refractivity contribution >= 4 is 27.7 Å². The summed E-state index contributed by atoms with van der Waals surface area (Å²) in [4.78, 5) is 13.3. The van der Waals surface area contributed by atoms with Crippen molar-refractivity contribution in [2.24, 2.45) is 0 Å². The molecule has 0 saturated heterocycles. The molecule has 0 amide bonds. The van der Waals surface area contributed by atoms with Crippen molar-refractivity contribution in [3.05, 3.63) is 51.2 Å². The fourth-order valence-corrected chi connectivity index (χ4v) is 2.64. The van der Waals surface area contributed by atoms with Crippen molar-refractivity contribution in [3.8, 4) is 5.75 Å². The second-order valence-electron chi connectivity index (χ2n) is 3.87. The van der Waals surface area contributed by atoms with Crippen LogP contribution < -0.4 is 10.5 Å². The van der Waals surface area contributed by atoms with Gasteiger partial charge in [-0.3, -0.25) is 4.98 Å². The molecule has 1 unspecified atom stereocenters. The highest BCUT2D eigenvalue weighted by Gasteiger charge is 2.10. The van der Waals surface area contributed by atoms with Gasteiger partial charge in [-0.25, -0.2) is 4.79 Å². The maximum absolute atomic E-state index is 10.9. The SMILES string of the molecule is CCC(Oc1ccc(Br)cc1)SCc1c[nH]c(=O)o1. The van der Waals surface area contributed by atoms with Crippen LogP contribution in [-0.4, -0.2) is 10.4 Å². The van der Waals surface area contributed by atoms with Crippen LogP contribution >= 0.6 is 27.7 Å². The van der Waals surface area contributed by atoms with Crippen LogP contribution in [0.1, 0.15) is 19.1 Å². The zero-order chi connectivity index (χ0) is 13.7. The number of hydrogen-bond acceptors (Lipinski definition) is 4. The van der Waals surface area contributed by atoms with Gasteiger partial charge in [-0.1, -0.05) is 22.9 Å². The number of H-pyrrole nitrogens is 1. The molecule has 0 saturated carbocycles. The summed E-state index contributed by atoms with van der Waals surface area (Å²) in [5, 5.41) is 0. The van der Waals surface area contributed by atoms with Crippen LogP contribution in [0.3, 0.4) is 0 Å². The number of oxazole rings is 1. The van der Waals surface area contributed by atoms with E-state index in [1.54, 1.807) is 18.0 Å². The van der Waals surface area contributed by atoms with E-state index in [2.05, 4.69) is 27.8 Å². The molecule has 4 nitrogen and oxygen atoms in total. The predicted molar refractivity (Wildman–Crippen MR) is 79.5 cm³/mol. The fourth-order valence-electron chi connectivity index (χ4n) is 1.46. The van der Waals surface area contributed by atoms with E-state index in [0.717, 1.165) is 16.6 Å². The van der Waals surface area contributed by atoms with E-state index in [4.69, 9.17) is 9.15 Å². The Morgan fingerprint density at radius 1 is 1.42 bits per heavy atom. The molecule has 0 aliphatic rings. The van der Waals surface area contributed by atoms with Gasteiger partial charge in [-0.15, -0.1) is 11.8 Å². The van der Waals surface area contributed by atoms with Gasteiger partial charge in [0, 0.05) is 10.7 Å². The number of rotatable bonds is 6. The van der Waals surface area contributed by atoms with Crippen molar-refractivity contribution in [2.45, 2.75) is 24.5 Å². The lowest BCUT2D eigenvalue weighted by Gasteiger charge is -2.16. The van der Waals surface area contributed by atoms with E-state index in [0.29, 0.717) is 11.5 Å². The molecule has 102 valence electrons. The second-order valence-corrected chi connectivity index (χ2v) is 5.93. The van der Waals surface area contributed by atoms with Crippen LogP contribution in [-0.2, 0) is 5.75 Å². The zero-order valence-electron chi connectivity index (χ0n) is 10.4. The minimum atomic E-state index is -0.419. The van der Waals surface area contributed by atoms with Crippen molar-refractivity contribution < 1.29 is 9.15 Å². The molecule has 0 radical (unpaired) electrons. The Bertz CT molecular complexity index is 564. The molecule has 6 heteroatoms. The first kappa shape index (κ1) is 14.3. The van der Waals surface area contributed by atoms with E-state index < -0.39 is 5.76 Å². The topological polar surface area (TPSA) is 55.2 Å². The van der Waals surface area contributed by atoms with Gasteiger partial charge >= 0.3 is 5.76 Å². The third-order valence-corrected chi connectivity index (χ3v) is 4.18. The molecule has 0 bridgehead atoms. The lowest BCUT2D eigenvalue weighted by atomic mass is 10.3. The van der Waals surface area contributed by atoms with Crippen molar-refractivity contribution in [1.82, 2.24) is 4.98 Å². The van der Waals surface area contributed by atoms with Crippen molar-refractivity contribution in [2.75, 3.05) is 0 Å². The second kappa shape index (κ2) is 6.86. The standard InChI is InChI=1S/C13H14BrNO3S/c1-2-12(17-10-5-3-9(14)4-6-10)19-8-11-7-15-13(16)18-11/h3-7,12H,2,8H2,1H3,(H,15,16). The van der Waals surface area contributed by atoms with E-state index in [9.17, 15) is 4.79 Å². The maximum Gasteiger partial charge on any atom is 0.416 e. The molecule has 19 heavy (non-hydrogen) atoms. The lowest BCUT2D eigenvalue weighted by Crippen LogP contribution is -2.10. The van der Waals surface area contributed by atoms with Gasteiger partial charge in [0.1, 0.15) is 16.9 Å². The predicted octanol–water partition coefficient (Wildman–Crippen LogP) is 3.78. The van der Waals surface area contributed by atoms with Crippen LogP contribution in [0.4, 0.5) is 0 Å². The largest absolute Gasteiger partial charge is 0.480 e. The first-order valence-corrected chi connectivity index (χ1v) is 7.72. The summed E-state index contributed by atoms with van der Waals surface area (Å²) in [5.41, 5.74) is 0.0291. The number of thioether (sulfide) groups is 1. The number of halogens is 1. The smallest absolute Gasteiger partial charge is 0.416 e. The average Bonchev–Trinajstić information content (AvgIpc) is 2.82. The van der Waals surface area contributed by atoms with Crippen LogP contribution in [0.5, 0.6) is 5.75 Å². The van der Waals surface area contributed by atoms with E-state index in [1.165, 1.54) is 0 Å². The van der Waals surface area contributed by atoms with Gasteiger partial charge in [-0.05, 0) is 30.7 Å². The van der Waals surface area contributed by atoms with Crippen molar-refractivity contribution in [1.29, 1.82) is 0 Å². The highest BCUT2D eigenvalue weighted by molar-refractivity contribution is 9.10. The van der Waals surface area contributed by atoms with Crippen LogP contribution in [0.2, 0.25) is 0 Å². The summed E-state index contributed by atoms with van der Waals surface area (Å²) in [5.74, 6) is 1.65. The Morgan fingerprint density at radius 3 is 2.74 bits per heavy atom. The number of benzene rings is 1. The Labute approximate surface area is 123 Å². The first-order valence-electron chi connectivity index (χ1n) is 5.88. The fraction of sp³-hybridized carbons (Fsp3) is 0.308.